The number of nitrogens with zero attached hydrogens (tertiary/aromatic N) is 1. The van der Waals surface area contributed by atoms with Crippen molar-refractivity contribution in [2.75, 3.05) is 11.9 Å². The van der Waals surface area contributed by atoms with Gasteiger partial charge >= 0.3 is 0 Å². The highest BCUT2D eigenvalue weighted by Gasteiger charge is 2.30. The summed E-state index contributed by atoms with van der Waals surface area (Å²) in [4.78, 5) is 4.16. The van der Waals surface area contributed by atoms with Gasteiger partial charge in [-0.05, 0) is 19.1 Å². The Morgan fingerprint density at radius 2 is 2.42 bits per heavy atom. The van der Waals surface area contributed by atoms with Gasteiger partial charge in [0, 0.05) is 25.9 Å². The molecule has 0 radical (unpaired) electrons. The van der Waals surface area contributed by atoms with Gasteiger partial charge in [0.05, 0.1) is 11.4 Å². The predicted octanol–water partition coefficient (Wildman–Crippen LogP) is 2.09. The first-order chi connectivity index (χ1) is 8.09. The van der Waals surface area contributed by atoms with Crippen LogP contribution < -0.4 is 5.32 Å². The van der Waals surface area contributed by atoms with Crippen LogP contribution in [0.1, 0.15) is 33.3 Å². The number of hydrogen-bond acceptors (Lipinski definition) is 2. The first-order valence-electron chi connectivity index (χ1n) is 6.82. The summed E-state index contributed by atoms with van der Waals surface area (Å²) in [5.41, 5.74) is -0.702. The fourth-order valence-corrected chi connectivity index (χ4v) is 1.34. The number of aryl methyl sites for hydroxylation is 1. The first-order valence-corrected chi connectivity index (χ1v) is 3.82. The van der Waals surface area contributed by atoms with Crippen molar-refractivity contribution >= 4 is 5.69 Å². The van der Waals surface area contributed by atoms with E-state index in [9.17, 15) is 0 Å². The molecule has 0 aromatic carbocycles. The highest BCUT2D eigenvalue weighted by molar-refractivity contribution is 5.56. The normalized spacial score (nSPS) is 28.1. The van der Waals surface area contributed by atoms with Crippen molar-refractivity contribution in [3.63, 3.8) is 0 Å². The molecule has 2 rings (SSSR count). The molecule has 2 heterocycles. The molecule has 0 fully saturated rings. The number of pyridine rings is 1. The topological polar surface area (TPSA) is 24.9 Å². The van der Waals surface area contributed by atoms with Crippen molar-refractivity contribution in [3.8, 4) is 0 Å². The maximum Gasteiger partial charge on any atom is 0.0711 e. The second-order valence-corrected chi connectivity index (χ2v) is 3.11. The minimum absolute atomic E-state index is 0.127. The van der Waals surface area contributed by atoms with Gasteiger partial charge in [-0.3, -0.25) is 4.98 Å². The van der Waals surface area contributed by atoms with Crippen molar-refractivity contribution in [2.24, 2.45) is 0 Å². The molecule has 1 aliphatic rings. The predicted molar refractivity (Wildman–Crippen MR) is 50.5 cm³/mol. The second kappa shape index (κ2) is 2.22. The lowest BCUT2D eigenvalue weighted by Gasteiger charge is -2.15. The van der Waals surface area contributed by atoms with E-state index in [0.717, 1.165) is 0 Å². The lowest BCUT2D eigenvalue weighted by Crippen LogP contribution is -2.20. The van der Waals surface area contributed by atoms with Gasteiger partial charge in [-0.1, -0.05) is 13.7 Å². The molecular weight excluding hydrogens is 148 g/mol. The van der Waals surface area contributed by atoms with Gasteiger partial charge in [0.15, 0.2) is 0 Å². The lowest BCUT2D eigenvalue weighted by molar-refractivity contribution is 0.567. The van der Waals surface area contributed by atoms with Crippen LogP contribution in [0.15, 0.2) is 12.1 Å². The summed E-state index contributed by atoms with van der Waals surface area (Å²) in [5, 5.41) is 2.85. The summed E-state index contributed by atoms with van der Waals surface area (Å²) in [6.45, 7) is -3.72. The molecule has 0 saturated heterocycles. The fraction of sp³-hybridized carbons (Fsp3) is 0.500. The van der Waals surface area contributed by atoms with Crippen molar-refractivity contribution < 1.29 is 8.22 Å². The van der Waals surface area contributed by atoms with Crippen LogP contribution in [0.3, 0.4) is 0 Å². The number of fused-ring (bicyclic) bond motifs is 1. The van der Waals surface area contributed by atoms with E-state index in [1.807, 2.05) is 0 Å². The van der Waals surface area contributed by atoms with Gasteiger partial charge in [0.25, 0.3) is 0 Å². The second-order valence-electron chi connectivity index (χ2n) is 3.11. The van der Waals surface area contributed by atoms with Gasteiger partial charge in [-0.2, -0.15) is 0 Å². The molecule has 1 N–H and O–H groups in total. The van der Waals surface area contributed by atoms with E-state index < -0.39 is 19.1 Å². The number of aromatic nitrogens is 1. The van der Waals surface area contributed by atoms with Gasteiger partial charge in [0.1, 0.15) is 0 Å². The van der Waals surface area contributed by atoms with Crippen molar-refractivity contribution in [1.29, 1.82) is 0 Å². The number of nitrogens with one attached hydrogen (secondary N) is 1. The average Bonchev–Trinajstić information content (AvgIpc) is 2.54. The molecule has 1 aromatic rings. The molecular formula is C10H14N2. The van der Waals surface area contributed by atoms with Gasteiger partial charge in [0.2, 0.25) is 0 Å². The van der Waals surface area contributed by atoms with Crippen molar-refractivity contribution in [2.45, 2.75) is 26.0 Å². The van der Waals surface area contributed by atoms with Crippen LogP contribution in [0.25, 0.3) is 0 Å². The van der Waals surface area contributed by atoms with E-state index >= 15 is 0 Å². The Bertz CT molecular complexity index is 462. The molecule has 2 heteroatoms. The molecule has 1 aromatic heterocycles. The van der Waals surface area contributed by atoms with E-state index in [2.05, 4.69) is 10.3 Å². The Kier molecular flexibility index (Phi) is 0.622. The van der Waals surface area contributed by atoms with E-state index in [0.29, 0.717) is 11.4 Å². The molecule has 0 spiro atoms. The zero-order valence-corrected chi connectivity index (χ0v) is 6.81. The van der Waals surface area contributed by atoms with Gasteiger partial charge in [-0.25, -0.2) is 0 Å². The third-order valence-corrected chi connectivity index (χ3v) is 1.98. The smallest absolute Gasteiger partial charge is 0.0711 e. The zero-order chi connectivity index (χ0) is 13.8. The minimum atomic E-state index is -2.64. The van der Waals surface area contributed by atoms with Gasteiger partial charge in [-0.15, -0.1) is 0 Å². The van der Waals surface area contributed by atoms with Crippen LogP contribution in [-0.4, -0.2) is 11.5 Å². The molecule has 2 nitrogen and oxygen atoms in total. The Morgan fingerprint density at radius 3 is 3.17 bits per heavy atom. The van der Waals surface area contributed by atoms with Crippen molar-refractivity contribution in [1.82, 2.24) is 4.98 Å². The Labute approximate surface area is 81.4 Å². The number of rotatable bonds is 0. The highest BCUT2D eigenvalue weighted by atomic mass is 15.0. The fourth-order valence-electron chi connectivity index (χ4n) is 1.34. The van der Waals surface area contributed by atoms with Crippen LogP contribution in [-0.2, 0) is 5.41 Å². The molecule has 0 atom stereocenters. The summed E-state index contributed by atoms with van der Waals surface area (Å²) in [6, 6.07) is 3.40. The molecule has 0 aliphatic carbocycles. The van der Waals surface area contributed by atoms with E-state index in [-0.39, 0.29) is 12.2 Å². The highest BCUT2D eigenvalue weighted by Crippen LogP contribution is 2.34. The Morgan fingerprint density at radius 1 is 1.58 bits per heavy atom. The quantitative estimate of drug-likeness (QED) is 0.641. The average molecular weight is 168 g/mol. The molecule has 12 heavy (non-hydrogen) atoms. The zero-order valence-electron chi connectivity index (χ0n) is 12.8. The van der Waals surface area contributed by atoms with E-state index in [1.54, 1.807) is 19.1 Å². The molecule has 0 amide bonds. The molecule has 0 bridgehead atoms. The number of hydrogen-bond donors (Lipinski definition) is 1. The third-order valence-electron chi connectivity index (χ3n) is 1.98. The van der Waals surface area contributed by atoms with E-state index in [1.165, 1.54) is 0 Å². The minimum Gasteiger partial charge on any atom is -0.383 e. The van der Waals surface area contributed by atoms with Crippen LogP contribution in [0.5, 0.6) is 0 Å². The standard InChI is InChI=1S/C10H14N2/c1-7-4-5-8-9(12-7)10(2,3)6-11-8/h4-5,11H,6H2,1-3H3/i2D3,3D3. The molecule has 64 valence electrons. The summed E-state index contributed by atoms with van der Waals surface area (Å²) in [6.07, 6.45) is 0. The monoisotopic (exact) mass is 168 g/mol. The Hall–Kier alpha value is -1.05. The summed E-state index contributed by atoms with van der Waals surface area (Å²) >= 11 is 0. The summed E-state index contributed by atoms with van der Waals surface area (Å²) in [5.74, 6) is 0. The molecule has 0 saturated carbocycles. The third kappa shape index (κ3) is 0.986. The first kappa shape index (κ1) is 3.36. The molecule has 1 aliphatic heterocycles. The molecule has 0 unspecified atom stereocenters. The maximum atomic E-state index is 7.63. The largest absolute Gasteiger partial charge is 0.383 e. The SMILES string of the molecule is [2H]C([2H])([2H])C1(C([2H])([2H])[2H])CNc2ccc(C)nc21. The van der Waals surface area contributed by atoms with Crippen LogP contribution in [0.4, 0.5) is 5.69 Å². The van der Waals surface area contributed by atoms with Crippen LogP contribution in [0, 0.1) is 6.92 Å². The van der Waals surface area contributed by atoms with Crippen molar-refractivity contribution in [3.05, 3.63) is 23.5 Å². The number of anilines is 1. The summed E-state index contributed by atoms with van der Waals surface area (Å²) in [7, 11) is 0. The van der Waals surface area contributed by atoms with Gasteiger partial charge < -0.3 is 5.32 Å². The lowest BCUT2D eigenvalue weighted by atomic mass is 9.91. The maximum absolute atomic E-state index is 7.63. The summed E-state index contributed by atoms with van der Waals surface area (Å²) < 4.78 is 45.8. The Balaban J connectivity index is 2.72. The van der Waals surface area contributed by atoms with Crippen LogP contribution >= 0.6 is 0 Å². The van der Waals surface area contributed by atoms with Crippen LogP contribution in [0.2, 0.25) is 0 Å². The van der Waals surface area contributed by atoms with E-state index in [4.69, 9.17) is 8.22 Å².